The first-order chi connectivity index (χ1) is 13.1. The van der Waals surface area contributed by atoms with E-state index in [1.807, 2.05) is 29.9 Å². The number of aromatic nitrogens is 5. The third kappa shape index (κ3) is 3.58. The van der Waals surface area contributed by atoms with Crippen molar-refractivity contribution in [3.8, 4) is 5.69 Å². The minimum atomic E-state index is -0.296. The van der Waals surface area contributed by atoms with Gasteiger partial charge >= 0.3 is 0 Å². The summed E-state index contributed by atoms with van der Waals surface area (Å²) >= 11 is 6.34. The molecule has 1 aromatic carbocycles. The molecular weight excluding hydrogens is 366 g/mol. The van der Waals surface area contributed by atoms with Crippen LogP contribution in [0.15, 0.2) is 36.7 Å². The normalized spacial score (nSPS) is 15.0. The summed E-state index contributed by atoms with van der Waals surface area (Å²) in [5.74, 6) is -0.296. The van der Waals surface area contributed by atoms with Gasteiger partial charge < -0.3 is 10.6 Å². The van der Waals surface area contributed by atoms with Crippen molar-refractivity contribution in [1.29, 1.82) is 0 Å². The molecule has 0 atom stereocenters. The molecule has 1 aliphatic rings. The van der Waals surface area contributed by atoms with E-state index in [1.54, 1.807) is 23.0 Å². The summed E-state index contributed by atoms with van der Waals surface area (Å²) in [5.41, 5.74) is 2.45. The minimum Gasteiger partial charge on any atom is -0.320 e. The lowest BCUT2D eigenvalue weighted by Gasteiger charge is -2.23. The molecule has 0 spiro atoms. The fourth-order valence-electron chi connectivity index (χ4n) is 3.32. The van der Waals surface area contributed by atoms with Gasteiger partial charge in [-0.25, -0.2) is 9.36 Å². The lowest BCUT2D eigenvalue weighted by Crippen LogP contribution is -2.30. The summed E-state index contributed by atoms with van der Waals surface area (Å²) in [5, 5.41) is 19.1. The van der Waals surface area contributed by atoms with E-state index in [0.717, 1.165) is 37.3 Å². The Hall–Kier alpha value is -2.71. The van der Waals surface area contributed by atoms with Crippen molar-refractivity contribution in [1.82, 2.24) is 30.1 Å². The van der Waals surface area contributed by atoms with Gasteiger partial charge in [0.1, 0.15) is 0 Å². The van der Waals surface area contributed by atoms with Crippen molar-refractivity contribution in [3.05, 3.63) is 53.1 Å². The van der Waals surface area contributed by atoms with E-state index in [4.69, 9.17) is 11.6 Å². The second-order valence-electron chi connectivity index (χ2n) is 6.52. The van der Waals surface area contributed by atoms with Gasteiger partial charge in [0.25, 0.3) is 5.91 Å². The zero-order valence-electron chi connectivity index (χ0n) is 14.9. The molecule has 1 aliphatic heterocycles. The second-order valence-corrected chi connectivity index (χ2v) is 6.93. The van der Waals surface area contributed by atoms with E-state index in [0.29, 0.717) is 16.4 Å². The van der Waals surface area contributed by atoms with E-state index in [2.05, 4.69) is 26.0 Å². The Balaban J connectivity index is 1.51. The largest absolute Gasteiger partial charge is 0.320 e. The monoisotopic (exact) mass is 385 g/mol. The fourth-order valence-corrected chi connectivity index (χ4v) is 3.59. The van der Waals surface area contributed by atoms with Crippen molar-refractivity contribution in [3.63, 3.8) is 0 Å². The zero-order chi connectivity index (χ0) is 18.8. The number of hydrogen-bond acceptors (Lipinski definition) is 5. The molecule has 1 saturated heterocycles. The first-order valence-electron chi connectivity index (χ1n) is 8.87. The number of anilines is 1. The number of piperidine rings is 1. The molecule has 2 aromatic heterocycles. The number of halogens is 1. The number of hydrogen-bond donors (Lipinski definition) is 2. The zero-order valence-corrected chi connectivity index (χ0v) is 15.6. The maximum absolute atomic E-state index is 12.7. The molecule has 0 saturated carbocycles. The first kappa shape index (κ1) is 17.7. The molecule has 9 heteroatoms. The standard InChI is InChI=1S/C18H20ClN7O/c1-12-17(23-24-26(12)14-5-8-20-9-6-14)18(27)22-13-3-4-16(15(19)11-13)25-10-2-7-21-25/h2-4,7,10-11,14,20H,5-6,8-9H2,1H3,(H,22,27). The maximum Gasteiger partial charge on any atom is 0.278 e. The van der Waals surface area contributed by atoms with Crippen LogP contribution in [0.25, 0.3) is 5.69 Å². The molecule has 1 amide bonds. The van der Waals surface area contributed by atoms with Gasteiger partial charge in [-0.1, -0.05) is 16.8 Å². The Labute approximate surface area is 161 Å². The molecule has 27 heavy (non-hydrogen) atoms. The van der Waals surface area contributed by atoms with Crippen molar-refractivity contribution >= 4 is 23.2 Å². The summed E-state index contributed by atoms with van der Waals surface area (Å²) in [6, 6.07) is 7.39. The van der Waals surface area contributed by atoms with Gasteiger partial charge in [0.2, 0.25) is 0 Å². The van der Waals surface area contributed by atoms with E-state index in [9.17, 15) is 4.79 Å². The highest BCUT2D eigenvalue weighted by Gasteiger charge is 2.23. The average Bonchev–Trinajstić information content (AvgIpc) is 3.32. The summed E-state index contributed by atoms with van der Waals surface area (Å²) in [6.07, 6.45) is 5.45. The maximum atomic E-state index is 12.7. The summed E-state index contributed by atoms with van der Waals surface area (Å²) in [7, 11) is 0. The van der Waals surface area contributed by atoms with Crippen LogP contribution in [0.2, 0.25) is 5.02 Å². The third-order valence-electron chi connectivity index (χ3n) is 4.75. The lowest BCUT2D eigenvalue weighted by molar-refractivity contribution is 0.102. The van der Waals surface area contributed by atoms with Crippen molar-refractivity contribution in [2.24, 2.45) is 0 Å². The van der Waals surface area contributed by atoms with Crippen LogP contribution in [0.4, 0.5) is 5.69 Å². The number of carbonyl (C=O) groups is 1. The van der Waals surface area contributed by atoms with E-state index in [1.165, 1.54) is 0 Å². The lowest BCUT2D eigenvalue weighted by atomic mass is 10.1. The SMILES string of the molecule is Cc1c(C(=O)Nc2ccc(-n3cccn3)c(Cl)c2)nnn1C1CCNCC1. The number of nitrogens with one attached hydrogen (secondary N) is 2. The molecule has 0 radical (unpaired) electrons. The number of amides is 1. The molecule has 0 aliphatic carbocycles. The van der Waals surface area contributed by atoms with Gasteiger partial charge in [0.15, 0.2) is 5.69 Å². The predicted octanol–water partition coefficient (Wildman–Crippen LogP) is 2.60. The third-order valence-corrected chi connectivity index (χ3v) is 5.06. The van der Waals surface area contributed by atoms with Crippen molar-refractivity contribution in [2.75, 3.05) is 18.4 Å². The molecule has 3 heterocycles. The van der Waals surface area contributed by atoms with Crippen LogP contribution in [0.5, 0.6) is 0 Å². The van der Waals surface area contributed by atoms with Crippen LogP contribution in [0.3, 0.4) is 0 Å². The number of nitrogens with zero attached hydrogens (tertiary/aromatic N) is 5. The Morgan fingerprint density at radius 2 is 2.15 bits per heavy atom. The predicted molar refractivity (Wildman–Crippen MR) is 102 cm³/mol. The van der Waals surface area contributed by atoms with Gasteiger partial charge in [-0.05, 0) is 57.1 Å². The number of benzene rings is 1. The molecular formula is C18H20ClN7O. The molecule has 0 bridgehead atoms. The van der Waals surface area contributed by atoms with Gasteiger partial charge in [-0.15, -0.1) is 5.10 Å². The topological polar surface area (TPSA) is 89.7 Å². The molecule has 4 rings (SSSR count). The number of carbonyl (C=O) groups excluding carboxylic acids is 1. The van der Waals surface area contributed by atoms with Crippen LogP contribution in [0.1, 0.15) is 35.1 Å². The van der Waals surface area contributed by atoms with Gasteiger partial charge in [0, 0.05) is 18.1 Å². The highest BCUT2D eigenvalue weighted by Crippen LogP contribution is 2.25. The molecule has 0 unspecified atom stereocenters. The summed E-state index contributed by atoms with van der Waals surface area (Å²) in [6.45, 7) is 3.78. The van der Waals surface area contributed by atoms with E-state index >= 15 is 0 Å². The minimum absolute atomic E-state index is 0.281. The Morgan fingerprint density at radius 1 is 1.33 bits per heavy atom. The van der Waals surface area contributed by atoms with Crippen LogP contribution < -0.4 is 10.6 Å². The van der Waals surface area contributed by atoms with Crippen LogP contribution in [0, 0.1) is 6.92 Å². The highest BCUT2D eigenvalue weighted by atomic mass is 35.5. The molecule has 2 N–H and O–H groups in total. The number of rotatable bonds is 4. The Kier molecular flexibility index (Phi) is 4.91. The van der Waals surface area contributed by atoms with Crippen molar-refractivity contribution < 1.29 is 4.79 Å². The molecule has 8 nitrogen and oxygen atoms in total. The van der Waals surface area contributed by atoms with Crippen LogP contribution in [-0.4, -0.2) is 43.8 Å². The quantitative estimate of drug-likeness (QED) is 0.720. The molecule has 140 valence electrons. The van der Waals surface area contributed by atoms with Gasteiger partial charge in [0.05, 0.1) is 22.4 Å². The molecule has 3 aromatic rings. The van der Waals surface area contributed by atoms with Gasteiger partial charge in [-0.3, -0.25) is 4.79 Å². The Bertz CT molecular complexity index is 945. The summed E-state index contributed by atoms with van der Waals surface area (Å²) in [4.78, 5) is 12.7. The Morgan fingerprint density at radius 3 is 2.85 bits per heavy atom. The van der Waals surface area contributed by atoms with Gasteiger partial charge in [-0.2, -0.15) is 5.10 Å². The second kappa shape index (κ2) is 7.50. The van der Waals surface area contributed by atoms with Crippen molar-refractivity contribution in [2.45, 2.75) is 25.8 Å². The molecule has 1 fully saturated rings. The van der Waals surface area contributed by atoms with E-state index in [-0.39, 0.29) is 11.9 Å². The van der Waals surface area contributed by atoms with E-state index < -0.39 is 0 Å². The first-order valence-corrected chi connectivity index (χ1v) is 9.24. The summed E-state index contributed by atoms with van der Waals surface area (Å²) < 4.78 is 3.53. The van der Waals surface area contributed by atoms with Crippen LogP contribution in [-0.2, 0) is 0 Å². The fraction of sp³-hybridized carbons (Fsp3) is 0.333. The van der Waals surface area contributed by atoms with Crippen LogP contribution >= 0.6 is 11.6 Å². The average molecular weight is 386 g/mol. The smallest absolute Gasteiger partial charge is 0.278 e. The highest BCUT2D eigenvalue weighted by molar-refractivity contribution is 6.32.